The van der Waals surface area contributed by atoms with Crippen molar-refractivity contribution in [3.8, 4) is 5.75 Å². The number of aliphatic imine (C=N–C) groups is 1. The van der Waals surface area contributed by atoms with E-state index in [-0.39, 0.29) is 5.91 Å². The van der Waals surface area contributed by atoms with Gasteiger partial charge in [-0.05, 0) is 17.7 Å². The van der Waals surface area contributed by atoms with E-state index in [2.05, 4.69) is 25.4 Å². The number of amides is 1. The molecule has 1 fully saturated rings. The third-order valence-electron chi connectivity index (χ3n) is 4.20. The Bertz CT molecular complexity index is 638. The van der Waals surface area contributed by atoms with Crippen molar-refractivity contribution in [2.45, 2.75) is 12.5 Å². The Balaban J connectivity index is 1.50. The number of hydrogen-bond acceptors (Lipinski definition) is 6. The van der Waals surface area contributed by atoms with Gasteiger partial charge >= 0.3 is 0 Å². The quantitative estimate of drug-likeness (QED) is 0.829. The number of benzene rings is 1. The van der Waals surface area contributed by atoms with Gasteiger partial charge in [-0.3, -0.25) is 15.0 Å². The molecule has 1 atom stereocenters. The number of hydrogen-bond donors (Lipinski definition) is 1. The summed E-state index contributed by atoms with van der Waals surface area (Å²) in [6.07, 6.45) is 0.500. The topological polar surface area (TPSA) is 87.9 Å². The van der Waals surface area contributed by atoms with E-state index in [9.17, 15) is 4.79 Å². The molecule has 1 amide bonds. The minimum Gasteiger partial charge on any atom is -0.497 e. The lowest BCUT2D eigenvalue weighted by atomic mass is 10.1. The van der Waals surface area contributed by atoms with Gasteiger partial charge in [0, 0.05) is 26.1 Å². The maximum atomic E-state index is 12.2. The molecule has 3 rings (SSSR count). The summed E-state index contributed by atoms with van der Waals surface area (Å²) in [7, 11) is 1.62. The van der Waals surface area contributed by atoms with Crippen LogP contribution in [-0.4, -0.2) is 69.3 Å². The van der Waals surface area contributed by atoms with Crippen LogP contribution in [0.15, 0.2) is 39.5 Å². The molecular weight excluding hydrogens is 322 g/mol. The number of carbonyl (C=O) groups is 1. The van der Waals surface area contributed by atoms with Crippen LogP contribution in [-0.2, 0) is 16.0 Å². The highest BCUT2D eigenvalue weighted by molar-refractivity contribution is 6.01. The van der Waals surface area contributed by atoms with Crippen molar-refractivity contribution < 1.29 is 14.3 Å². The molecule has 25 heavy (non-hydrogen) atoms. The predicted molar refractivity (Wildman–Crippen MR) is 93.0 cm³/mol. The SMILES string of the molecule is COc1ccc(CC2N=NC(=NCCN3CCOCC3)NC2=O)cc1. The van der Waals surface area contributed by atoms with E-state index in [0.717, 1.165) is 44.2 Å². The fourth-order valence-corrected chi connectivity index (χ4v) is 2.71. The largest absolute Gasteiger partial charge is 0.497 e. The third kappa shape index (κ3) is 5.07. The third-order valence-corrected chi connectivity index (χ3v) is 4.20. The molecule has 0 saturated carbocycles. The van der Waals surface area contributed by atoms with Crippen molar-refractivity contribution in [3.63, 3.8) is 0 Å². The van der Waals surface area contributed by atoms with Crippen molar-refractivity contribution in [1.82, 2.24) is 10.2 Å². The van der Waals surface area contributed by atoms with Gasteiger partial charge in [-0.1, -0.05) is 12.1 Å². The standard InChI is InChI=1S/C17H23N5O3/c1-24-14-4-2-13(3-5-14)12-15-16(23)19-17(21-20-15)18-6-7-22-8-10-25-11-9-22/h2-5,15H,6-12H2,1H3,(H,18,19,23). The van der Waals surface area contributed by atoms with Crippen LogP contribution in [0.4, 0.5) is 0 Å². The maximum Gasteiger partial charge on any atom is 0.253 e. The average molecular weight is 345 g/mol. The summed E-state index contributed by atoms with van der Waals surface area (Å²) in [6, 6.07) is 7.06. The summed E-state index contributed by atoms with van der Waals surface area (Å²) >= 11 is 0. The number of rotatable bonds is 6. The minimum atomic E-state index is -0.522. The maximum absolute atomic E-state index is 12.2. The molecule has 0 aromatic heterocycles. The minimum absolute atomic E-state index is 0.170. The zero-order valence-corrected chi connectivity index (χ0v) is 14.4. The smallest absolute Gasteiger partial charge is 0.253 e. The van der Waals surface area contributed by atoms with Crippen molar-refractivity contribution in [2.24, 2.45) is 15.2 Å². The van der Waals surface area contributed by atoms with Crippen molar-refractivity contribution in [1.29, 1.82) is 0 Å². The molecule has 1 aromatic rings. The number of carbonyl (C=O) groups excluding carboxylic acids is 1. The zero-order valence-electron chi connectivity index (χ0n) is 14.4. The molecule has 1 saturated heterocycles. The highest BCUT2D eigenvalue weighted by Crippen LogP contribution is 2.15. The number of morpholine rings is 1. The fourth-order valence-electron chi connectivity index (χ4n) is 2.71. The van der Waals surface area contributed by atoms with Crippen molar-refractivity contribution in [2.75, 3.05) is 46.5 Å². The van der Waals surface area contributed by atoms with E-state index >= 15 is 0 Å². The molecule has 2 aliphatic rings. The molecule has 0 aliphatic carbocycles. The summed E-state index contributed by atoms with van der Waals surface area (Å²) in [5.74, 6) is 0.911. The van der Waals surface area contributed by atoms with Gasteiger partial charge in [0.1, 0.15) is 5.75 Å². The van der Waals surface area contributed by atoms with Gasteiger partial charge in [0.2, 0.25) is 5.96 Å². The van der Waals surface area contributed by atoms with Crippen molar-refractivity contribution in [3.05, 3.63) is 29.8 Å². The second-order valence-electron chi connectivity index (χ2n) is 5.93. The summed E-state index contributed by atoms with van der Waals surface area (Å²) in [6.45, 7) is 4.77. The summed E-state index contributed by atoms with van der Waals surface area (Å²) in [5, 5.41) is 10.9. The summed E-state index contributed by atoms with van der Waals surface area (Å²) in [5.41, 5.74) is 1.01. The van der Waals surface area contributed by atoms with Gasteiger partial charge in [-0.25, -0.2) is 4.99 Å². The highest BCUT2D eigenvalue weighted by Gasteiger charge is 2.24. The molecule has 2 heterocycles. The van der Waals surface area contributed by atoms with E-state index in [0.29, 0.717) is 18.9 Å². The second kappa shape index (κ2) is 8.68. The van der Waals surface area contributed by atoms with Crippen LogP contribution in [0, 0.1) is 0 Å². The molecular formula is C17H23N5O3. The Hall–Kier alpha value is -2.32. The van der Waals surface area contributed by atoms with Crippen molar-refractivity contribution >= 4 is 11.9 Å². The Morgan fingerprint density at radius 3 is 2.76 bits per heavy atom. The van der Waals surface area contributed by atoms with Crippen LogP contribution < -0.4 is 10.1 Å². The molecule has 0 spiro atoms. The zero-order chi connectivity index (χ0) is 17.5. The molecule has 8 heteroatoms. The molecule has 134 valence electrons. The monoisotopic (exact) mass is 345 g/mol. The Labute approximate surface area is 146 Å². The van der Waals surface area contributed by atoms with Crippen LogP contribution in [0.3, 0.4) is 0 Å². The van der Waals surface area contributed by atoms with Crippen LogP contribution in [0.1, 0.15) is 5.56 Å². The first-order chi connectivity index (χ1) is 12.2. The Morgan fingerprint density at radius 2 is 2.08 bits per heavy atom. The lowest BCUT2D eigenvalue weighted by Gasteiger charge is -2.25. The summed E-state index contributed by atoms with van der Waals surface area (Å²) < 4.78 is 10.4. The van der Waals surface area contributed by atoms with Crippen LogP contribution in [0.2, 0.25) is 0 Å². The molecule has 0 radical (unpaired) electrons. The first-order valence-electron chi connectivity index (χ1n) is 8.44. The first-order valence-corrected chi connectivity index (χ1v) is 8.44. The van der Waals surface area contributed by atoms with Gasteiger partial charge in [0.05, 0.1) is 26.9 Å². The van der Waals surface area contributed by atoms with E-state index in [4.69, 9.17) is 9.47 Å². The van der Waals surface area contributed by atoms with E-state index in [1.165, 1.54) is 0 Å². The molecule has 2 aliphatic heterocycles. The first kappa shape index (κ1) is 17.5. The highest BCUT2D eigenvalue weighted by atomic mass is 16.5. The van der Waals surface area contributed by atoms with Crippen LogP contribution in [0.25, 0.3) is 0 Å². The normalized spacial score (nSPS) is 22.8. The van der Waals surface area contributed by atoms with E-state index in [1.807, 2.05) is 24.3 Å². The lowest BCUT2D eigenvalue weighted by molar-refractivity contribution is -0.121. The van der Waals surface area contributed by atoms with Gasteiger partial charge in [0.25, 0.3) is 5.91 Å². The average Bonchev–Trinajstić information content (AvgIpc) is 2.65. The number of ether oxygens (including phenoxy) is 2. The molecule has 0 bridgehead atoms. The fraction of sp³-hybridized carbons (Fsp3) is 0.529. The van der Waals surface area contributed by atoms with Gasteiger partial charge in [-0.15, -0.1) is 5.11 Å². The Morgan fingerprint density at radius 1 is 1.32 bits per heavy atom. The second-order valence-corrected chi connectivity index (χ2v) is 5.93. The molecule has 1 aromatic carbocycles. The number of guanidine groups is 1. The van der Waals surface area contributed by atoms with E-state index < -0.39 is 6.04 Å². The number of nitrogens with one attached hydrogen (secondary N) is 1. The summed E-state index contributed by atoms with van der Waals surface area (Å²) in [4.78, 5) is 18.8. The van der Waals surface area contributed by atoms with Gasteiger partial charge in [0.15, 0.2) is 6.04 Å². The molecule has 1 unspecified atom stereocenters. The van der Waals surface area contributed by atoms with Crippen LogP contribution in [0.5, 0.6) is 5.75 Å². The number of azo groups is 1. The van der Waals surface area contributed by atoms with Gasteiger partial charge < -0.3 is 9.47 Å². The van der Waals surface area contributed by atoms with Gasteiger partial charge in [-0.2, -0.15) is 5.11 Å². The van der Waals surface area contributed by atoms with Crippen LogP contribution >= 0.6 is 0 Å². The lowest BCUT2D eigenvalue weighted by Crippen LogP contribution is -2.42. The van der Waals surface area contributed by atoms with E-state index in [1.54, 1.807) is 7.11 Å². The number of nitrogens with zero attached hydrogens (tertiary/aromatic N) is 4. The number of methoxy groups -OCH3 is 1. The molecule has 8 nitrogen and oxygen atoms in total. The molecule has 1 N–H and O–H groups in total. The predicted octanol–water partition coefficient (Wildman–Crippen LogP) is 0.877. The Kier molecular flexibility index (Phi) is 6.08.